The number of nitrogens with one attached hydrogen (secondary N) is 1. The largest absolute Gasteiger partial charge is 0.308 e. The molecule has 1 N–H and O–H groups in total. The van der Waals surface area contributed by atoms with Crippen LogP contribution in [-0.4, -0.2) is 30.9 Å². The van der Waals surface area contributed by atoms with Crippen LogP contribution in [0.3, 0.4) is 0 Å². The third-order valence-corrected chi connectivity index (χ3v) is 5.99. The molecule has 0 spiro atoms. The zero-order chi connectivity index (χ0) is 13.2. The minimum atomic E-state index is -2.89. The molecule has 6 heteroatoms. The summed E-state index contributed by atoms with van der Waals surface area (Å²) in [7, 11) is -2.89. The van der Waals surface area contributed by atoms with Crippen molar-refractivity contribution in [2.24, 2.45) is 0 Å². The first-order valence-corrected chi connectivity index (χ1v) is 9.06. The Morgan fingerprint density at radius 2 is 2.28 bits per heavy atom. The van der Waals surface area contributed by atoms with E-state index in [1.54, 1.807) is 11.3 Å². The lowest BCUT2D eigenvalue weighted by atomic mass is 9.95. The van der Waals surface area contributed by atoms with Crippen LogP contribution in [0, 0.1) is 6.92 Å². The first-order chi connectivity index (χ1) is 8.45. The molecule has 0 aliphatic heterocycles. The second-order valence-corrected chi connectivity index (χ2v) is 8.71. The van der Waals surface area contributed by atoms with Crippen LogP contribution in [-0.2, 0) is 16.4 Å². The summed E-state index contributed by atoms with van der Waals surface area (Å²) in [6.45, 7) is 2.79. The molecule has 4 nitrogen and oxygen atoms in total. The second-order valence-electron chi connectivity index (χ2n) is 5.06. The quantitative estimate of drug-likeness (QED) is 0.919. The Bertz CT molecular complexity index is 496. The highest BCUT2D eigenvalue weighted by Gasteiger charge is 2.28. The normalized spacial score (nSPS) is 25.2. The van der Waals surface area contributed by atoms with E-state index in [2.05, 4.69) is 10.3 Å². The van der Waals surface area contributed by atoms with Gasteiger partial charge in [-0.25, -0.2) is 13.4 Å². The van der Waals surface area contributed by atoms with Crippen LogP contribution in [0.15, 0.2) is 6.20 Å². The average molecular weight is 288 g/mol. The lowest BCUT2D eigenvalue weighted by Gasteiger charge is -2.28. The number of sulfone groups is 1. The van der Waals surface area contributed by atoms with Crippen LogP contribution in [0.2, 0.25) is 0 Å². The van der Waals surface area contributed by atoms with Crippen molar-refractivity contribution in [3.63, 3.8) is 0 Å². The third kappa shape index (κ3) is 3.76. The molecule has 1 heterocycles. The van der Waals surface area contributed by atoms with E-state index in [0.29, 0.717) is 6.04 Å². The maximum Gasteiger partial charge on any atom is 0.150 e. The topological polar surface area (TPSA) is 59.1 Å². The van der Waals surface area contributed by atoms with E-state index >= 15 is 0 Å². The van der Waals surface area contributed by atoms with Crippen LogP contribution in [0.1, 0.15) is 35.6 Å². The van der Waals surface area contributed by atoms with E-state index in [9.17, 15) is 8.42 Å². The first-order valence-electron chi connectivity index (χ1n) is 6.28. The molecule has 1 fully saturated rings. The Hall–Kier alpha value is -0.460. The van der Waals surface area contributed by atoms with Crippen LogP contribution < -0.4 is 5.32 Å². The fourth-order valence-corrected chi connectivity index (χ4v) is 4.35. The highest BCUT2D eigenvalue weighted by molar-refractivity contribution is 7.91. The van der Waals surface area contributed by atoms with Crippen molar-refractivity contribution in [3.05, 3.63) is 16.1 Å². The smallest absolute Gasteiger partial charge is 0.150 e. The minimum Gasteiger partial charge on any atom is -0.308 e. The highest BCUT2D eigenvalue weighted by atomic mass is 32.2. The molecule has 0 bridgehead atoms. The number of hydrogen-bond donors (Lipinski definition) is 1. The van der Waals surface area contributed by atoms with Crippen LogP contribution in [0.25, 0.3) is 0 Å². The molecule has 0 saturated heterocycles. The van der Waals surface area contributed by atoms with Gasteiger partial charge >= 0.3 is 0 Å². The molecule has 0 unspecified atom stereocenters. The summed E-state index contributed by atoms with van der Waals surface area (Å²) in [4.78, 5) is 5.52. The van der Waals surface area contributed by atoms with Crippen molar-refractivity contribution in [2.75, 3.05) is 6.26 Å². The molecule has 0 radical (unpaired) electrons. The molecule has 102 valence electrons. The summed E-state index contributed by atoms with van der Waals surface area (Å²) in [5.74, 6) is 0. The Morgan fingerprint density at radius 1 is 1.50 bits per heavy atom. The molecule has 1 aliphatic rings. The number of hydrogen-bond acceptors (Lipinski definition) is 5. The highest BCUT2D eigenvalue weighted by Crippen LogP contribution is 2.24. The zero-order valence-electron chi connectivity index (χ0n) is 10.8. The standard InChI is InChI=1S/C12H20N2O2S2/c1-9-7-14-12(17-9)8-13-10-4-3-5-11(6-10)18(2,15)16/h7,10-11,13H,3-6,8H2,1-2H3/t10-,11+/m1/s1. The fourth-order valence-electron chi connectivity index (χ4n) is 2.43. The van der Waals surface area contributed by atoms with Crippen molar-refractivity contribution in [3.8, 4) is 0 Å². The van der Waals surface area contributed by atoms with Crippen molar-refractivity contribution >= 4 is 21.2 Å². The van der Waals surface area contributed by atoms with Gasteiger partial charge in [0.05, 0.1) is 5.25 Å². The summed E-state index contributed by atoms with van der Waals surface area (Å²) in [5.41, 5.74) is 0. The summed E-state index contributed by atoms with van der Waals surface area (Å²) >= 11 is 1.69. The number of nitrogens with zero attached hydrogens (tertiary/aromatic N) is 1. The monoisotopic (exact) mass is 288 g/mol. The van der Waals surface area contributed by atoms with Gasteiger partial charge in [0, 0.05) is 29.9 Å². The molecule has 2 atom stereocenters. The van der Waals surface area contributed by atoms with Gasteiger partial charge in [-0.05, 0) is 26.2 Å². The van der Waals surface area contributed by atoms with Crippen molar-refractivity contribution in [2.45, 2.75) is 50.4 Å². The van der Waals surface area contributed by atoms with Crippen LogP contribution in [0.4, 0.5) is 0 Å². The zero-order valence-corrected chi connectivity index (χ0v) is 12.5. The molecule has 1 aliphatic carbocycles. The molecule has 0 aromatic carbocycles. The third-order valence-electron chi connectivity index (χ3n) is 3.44. The molecule has 18 heavy (non-hydrogen) atoms. The van der Waals surface area contributed by atoms with Gasteiger partial charge in [-0.1, -0.05) is 6.42 Å². The Labute approximate surface area is 113 Å². The maximum absolute atomic E-state index is 11.6. The molecular weight excluding hydrogens is 268 g/mol. The summed E-state index contributed by atoms with van der Waals surface area (Å²) in [6, 6.07) is 0.308. The number of aromatic nitrogens is 1. The second kappa shape index (κ2) is 5.67. The van der Waals surface area contributed by atoms with Gasteiger partial charge in [-0.3, -0.25) is 0 Å². The van der Waals surface area contributed by atoms with E-state index in [4.69, 9.17) is 0 Å². The van der Waals surface area contributed by atoms with Gasteiger partial charge in [0.15, 0.2) is 0 Å². The van der Waals surface area contributed by atoms with Gasteiger partial charge in [0.2, 0.25) is 0 Å². The predicted octanol–water partition coefficient (Wildman–Crippen LogP) is 1.90. The summed E-state index contributed by atoms with van der Waals surface area (Å²) < 4.78 is 23.1. The molecule has 1 aromatic rings. The van der Waals surface area contributed by atoms with Gasteiger partial charge < -0.3 is 5.32 Å². The fraction of sp³-hybridized carbons (Fsp3) is 0.750. The maximum atomic E-state index is 11.6. The molecule has 1 aromatic heterocycles. The molecular formula is C12H20N2O2S2. The van der Waals surface area contributed by atoms with Gasteiger partial charge in [0.25, 0.3) is 0 Å². The van der Waals surface area contributed by atoms with E-state index in [0.717, 1.165) is 37.2 Å². The number of aryl methyl sites for hydroxylation is 1. The van der Waals surface area contributed by atoms with Crippen LogP contribution >= 0.6 is 11.3 Å². The van der Waals surface area contributed by atoms with E-state index in [-0.39, 0.29) is 5.25 Å². The van der Waals surface area contributed by atoms with Crippen LogP contribution in [0.5, 0.6) is 0 Å². The van der Waals surface area contributed by atoms with Gasteiger partial charge in [-0.2, -0.15) is 0 Å². The number of rotatable bonds is 4. The average Bonchev–Trinajstić information content (AvgIpc) is 2.72. The summed E-state index contributed by atoms with van der Waals surface area (Å²) in [5, 5.41) is 4.35. The predicted molar refractivity (Wildman–Crippen MR) is 74.6 cm³/mol. The van der Waals surface area contributed by atoms with Crippen molar-refractivity contribution in [1.82, 2.24) is 10.3 Å². The van der Waals surface area contributed by atoms with Gasteiger partial charge in [0.1, 0.15) is 14.8 Å². The Morgan fingerprint density at radius 3 is 2.89 bits per heavy atom. The van der Waals surface area contributed by atoms with E-state index < -0.39 is 9.84 Å². The lowest BCUT2D eigenvalue weighted by molar-refractivity contribution is 0.371. The molecule has 1 saturated carbocycles. The van der Waals surface area contributed by atoms with Crippen molar-refractivity contribution < 1.29 is 8.42 Å². The Kier molecular flexibility index (Phi) is 4.40. The minimum absolute atomic E-state index is 0.165. The SMILES string of the molecule is Cc1cnc(CN[C@@H]2CCC[C@H](S(C)(=O)=O)C2)s1. The lowest BCUT2D eigenvalue weighted by Crippen LogP contribution is -2.38. The first kappa shape index (κ1) is 14.0. The van der Waals surface area contributed by atoms with E-state index in [1.807, 2.05) is 13.1 Å². The number of thiazole rings is 1. The van der Waals surface area contributed by atoms with Gasteiger partial charge in [-0.15, -0.1) is 11.3 Å². The summed E-state index contributed by atoms with van der Waals surface area (Å²) in [6.07, 6.45) is 6.84. The van der Waals surface area contributed by atoms with Crippen molar-refractivity contribution in [1.29, 1.82) is 0 Å². The molecule has 0 amide bonds. The van der Waals surface area contributed by atoms with E-state index in [1.165, 1.54) is 11.1 Å². The molecule has 2 rings (SSSR count). The Balaban J connectivity index is 1.86.